The van der Waals surface area contributed by atoms with Crippen molar-refractivity contribution in [2.75, 3.05) is 0 Å². The van der Waals surface area contributed by atoms with Gasteiger partial charge < -0.3 is 0 Å². The van der Waals surface area contributed by atoms with Crippen LogP contribution in [-0.4, -0.2) is 28.9 Å². The fourth-order valence-electron chi connectivity index (χ4n) is 6.93. The maximum absolute atomic E-state index is 5.26. The maximum Gasteiger partial charge on any atom is 0.238 e. The number of pyridine rings is 1. The molecule has 0 saturated carbocycles. The van der Waals surface area contributed by atoms with Gasteiger partial charge in [-0.2, -0.15) is 9.97 Å². The van der Waals surface area contributed by atoms with Crippen LogP contribution in [0, 0.1) is 5.92 Å². The Hall–Kier alpha value is -6.14. The topological polar surface area (TPSA) is 60.9 Å². The molecule has 4 aromatic heterocycles. The highest BCUT2D eigenvalue weighted by Gasteiger charge is 2.31. The van der Waals surface area contributed by atoms with E-state index in [1.54, 1.807) is 0 Å². The van der Waals surface area contributed by atoms with Gasteiger partial charge in [-0.25, -0.2) is 9.97 Å². The van der Waals surface area contributed by atoms with E-state index in [-0.39, 0.29) is 11.8 Å². The normalized spacial score (nSPS) is 16.0. The van der Waals surface area contributed by atoms with Gasteiger partial charge in [-0.1, -0.05) is 134 Å². The number of nitrogens with zero attached hydrogens (tertiary/aromatic N) is 6. The second kappa shape index (κ2) is 11.0. The number of aromatic nitrogens is 6. The Morgan fingerprint density at radius 1 is 0.553 bits per heavy atom. The van der Waals surface area contributed by atoms with Gasteiger partial charge in [-0.15, -0.1) is 0 Å². The van der Waals surface area contributed by atoms with Crippen LogP contribution in [0.1, 0.15) is 18.4 Å². The molecule has 224 valence electrons. The fourth-order valence-corrected chi connectivity index (χ4v) is 6.93. The standard InChI is InChI=1S/C41H30N6/c1-27-15-11-12-22-31(27)35-32-24-25-33-38(46-26-14-13-23-34(46)42-33)37(32)47(36(35)28-16-5-2-6-17-28)41-44-39(29-18-7-3-8-19-29)43-40(45-41)30-20-9-4-10-21-30/h2-27,31H,1H3. The third-order valence-electron chi connectivity index (χ3n) is 9.12. The second-order valence-electron chi connectivity index (χ2n) is 12.0. The molecule has 6 heteroatoms. The lowest BCUT2D eigenvalue weighted by Crippen LogP contribution is -2.11. The minimum absolute atomic E-state index is 0.139. The minimum Gasteiger partial charge on any atom is -0.298 e. The van der Waals surface area contributed by atoms with Crippen molar-refractivity contribution in [2.24, 2.45) is 5.92 Å². The van der Waals surface area contributed by atoms with Crippen molar-refractivity contribution in [3.8, 4) is 40.0 Å². The van der Waals surface area contributed by atoms with E-state index in [4.69, 9.17) is 19.9 Å². The lowest BCUT2D eigenvalue weighted by molar-refractivity contribution is 0.639. The van der Waals surface area contributed by atoms with Crippen LogP contribution in [0.3, 0.4) is 0 Å². The zero-order valence-electron chi connectivity index (χ0n) is 25.8. The summed E-state index contributed by atoms with van der Waals surface area (Å²) in [4.78, 5) is 20.6. The molecule has 2 unspecified atom stereocenters. The van der Waals surface area contributed by atoms with Crippen LogP contribution in [0.5, 0.6) is 0 Å². The molecule has 1 aliphatic rings. The quantitative estimate of drug-likeness (QED) is 0.196. The molecule has 2 atom stereocenters. The highest BCUT2D eigenvalue weighted by atomic mass is 15.2. The van der Waals surface area contributed by atoms with Crippen molar-refractivity contribution in [3.05, 3.63) is 157 Å². The predicted molar refractivity (Wildman–Crippen MR) is 189 cm³/mol. The van der Waals surface area contributed by atoms with Crippen LogP contribution < -0.4 is 0 Å². The molecule has 1 aliphatic carbocycles. The molecule has 0 saturated heterocycles. The van der Waals surface area contributed by atoms with Gasteiger partial charge in [-0.3, -0.25) is 8.97 Å². The molecule has 47 heavy (non-hydrogen) atoms. The average molecular weight is 607 g/mol. The Morgan fingerprint density at radius 2 is 1.17 bits per heavy atom. The van der Waals surface area contributed by atoms with E-state index in [2.05, 4.69) is 125 Å². The lowest BCUT2D eigenvalue weighted by Gasteiger charge is -2.23. The molecule has 0 spiro atoms. The van der Waals surface area contributed by atoms with Crippen LogP contribution in [0.2, 0.25) is 0 Å². The molecule has 6 nitrogen and oxygen atoms in total. The van der Waals surface area contributed by atoms with Crippen LogP contribution in [0.25, 0.3) is 67.6 Å². The summed E-state index contributed by atoms with van der Waals surface area (Å²) in [7, 11) is 0. The molecule has 0 aliphatic heterocycles. The van der Waals surface area contributed by atoms with E-state index in [0.717, 1.165) is 50.0 Å². The lowest BCUT2D eigenvalue weighted by atomic mass is 9.82. The van der Waals surface area contributed by atoms with E-state index in [1.807, 2.05) is 42.5 Å². The number of hydrogen-bond donors (Lipinski definition) is 0. The maximum atomic E-state index is 5.26. The zero-order chi connectivity index (χ0) is 31.3. The SMILES string of the molecule is CC1C=CC=CC1c1c(-c2ccccc2)n(-c2nc(-c3ccccc3)nc(-c3ccccc3)n2)c2c1ccc1nc3ccccn3c12. The molecule has 0 amide bonds. The first-order valence-electron chi connectivity index (χ1n) is 16.0. The van der Waals surface area contributed by atoms with Crippen molar-refractivity contribution in [2.45, 2.75) is 12.8 Å². The number of rotatable bonds is 5. The van der Waals surface area contributed by atoms with Gasteiger partial charge in [0.15, 0.2) is 11.6 Å². The first kappa shape index (κ1) is 27.2. The zero-order valence-corrected chi connectivity index (χ0v) is 25.8. The summed E-state index contributed by atoms with van der Waals surface area (Å²) >= 11 is 0. The van der Waals surface area contributed by atoms with Crippen LogP contribution in [-0.2, 0) is 0 Å². The van der Waals surface area contributed by atoms with E-state index < -0.39 is 0 Å². The predicted octanol–water partition coefficient (Wildman–Crippen LogP) is 9.46. The minimum atomic E-state index is 0.139. The number of imidazole rings is 1. The number of benzene rings is 4. The summed E-state index contributed by atoms with van der Waals surface area (Å²) in [5.74, 6) is 2.23. The highest BCUT2D eigenvalue weighted by molar-refractivity contribution is 6.09. The van der Waals surface area contributed by atoms with Crippen LogP contribution in [0.15, 0.2) is 152 Å². The van der Waals surface area contributed by atoms with Crippen molar-refractivity contribution >= 4 is 27.6 Å². The van der Waals surface area contributed by atoms with E-state index in [9.17, 15) is 0 Å². The van der Waals surface area contributed by atoms with Gasteiger partial charge >= 0.3 is 0 Å². The Kier molecular flexibility index (Phi) is 6.38. The Balaban J connectivity index is 1.48. The van der Waals surface area contributed by atoms with Crippen molar-refractivity contribution in [1.29, 1.82) is 0 Å². The van der Waals surface area contributed by atoms with Crippen LogP contribution >= 0.6 is 0 Å². The summed E-state index contributed by atoms with van der Waals surface area (Å²) in [6, 6.07) is 41.5. The van der Waals surface area contributed by atoms with Crippen molar-refractivity contribution < 1.29 is 0 Å². The number of allylic oxidation sites excluding steroid dienone is 4. The largest absolute Gasteiger partial charge is 0.298 e. The fraction of sp³-hybridized carbons (Fsp3) is 0.0732. The summed E-state index contributed by atoms with van der Waals surface area (Å²) in [6.45, 7) is 2.29. The molecule has 4 aromatic carbocycles. The van der Waals surface area contributed by atoms with E-state index >= 15 is 0 Å². The molecule has 0 N–H and O–H groups in total. The molecule has 0 bridgehead atoms. The third kappa shape index (κ3) is 4.49. The molecule has 0 radical (unpaired) electrons. The van der Waals surface area contributed by atoms with Crippen LogP contribution in [0.4, 0.5) is 0 Å². The van der Waals surface area contributed by atoms with E-state index in [0.29, 0.717) is 17.6 Å². The molecular weight excluding hydrogens is 576 g/mol. The highest BCUT2D eigenvalue weighted by Crippen LogP contribution is 2.46. The van der Waals surface area contributed by atoms with Gasteiger partial charge in [0.25, 0.3) is 0 Å². The molecule has 8 aromatic rings. The van der Waals surface area contributed by atoms with E-state index in [1.165, 1.54) is 5.56 Å². The monoisotopic (exact) mass is 606 g/mol. The first-order valence-corrected chi connectivity index (χ1v) is 16.0. The summed E-state index contributed by atoms with van der Waals surface area (Å²) in [5.41, 5.74) is 9.13. The van der Waals surface area contributed by atoms with Gasteiger partial charge in [0.05, 0.1) is 22.2 Å². The molecule has 9 rings (SSSR count). The number of fused-ring (bicyclic) bond motifs is 5. The second-order valence-corrected chi connectivity index (χ2v) is 12.0. The van der Waals surface area contributed by atoms with Crippen molar-refractivity contribution in [1.82, 2.24) is 28.9 Å². The molecule has 0 fully saturated rings. The third-order valence-corrected chi connectivity index (χ3v) is 9.12. The van der Waals surface area contributed by atoms with Gasteiger partial charge in [-0.05, 0) is 35.2 Å². The smallest absolute Gasteiger partial charge is 0.238 e. The Morgan fingerprint density at radius 3 is 1.83 bits per heavy atom. The van der Waals surface area contributed by atoms with Crippen molar-refractivity contribution in [3.63, 3.8) is 0 Å². The molecule has 4 heterocycles. The summed E-state index contributed by atoms with van der Waals surface area (Å²) < 4.78 is 4.45. The summed E-state index contributed by atoms with van der Waals surface area (Å²) in [5, 5.41) is 1.15. The first-order chi connectivity index (χ1) is 23.2. The Bertz CT molecular complexity index is 2420. The van der Waals surface area contributed by atoms with Gasteiger partial charge in [0.1, 0.15) is 5.65 Å². The van der Waals surface area contributed by atoms with Gasteiger partial charge in [0, 0.05) is 28.6 Å². The number of hydrogen-bond acceptors (Lipinski definition) is 4. The van der Waals surface area contributed by atoms with Gasteiger partial charge in [0.2, 0.25) is 5.95 Å². The summed E-state index contributed by atoms with van der Waals surface area (Å²) in [6.07, 6.45) is 11.0. The molecular formula is C41H30N6. The Labute approximate surface area is 272 Å². The average Bonchev–Trinajstić information content (AvgIpc) is 3.69.